The molecule has 1 rings (SSSR count). The smallest absolute Gasteiger partial charge is 0.100 e. The van der Waals surface area contributed by atoms with Gasteiger partial charge in [0, 0.05) is 13.2 Å². The van der Waals surface area contributed by atoms with Crippen molar-refractivity contribution in [3.63, 3.8) is 0 Å². The Bertz CT molecular complexity index is 256. The van der Waals surface area contributed by atoms with Gasteiger partial charge >= 0.3 is 0 Å². The zero-order valence-corrected chi connectivity index (χ0v) is 9.02. The molecule has 0 saturated heterocycles. The minimum Gasteiger partial charge on any atom is -0.301 e. The van der Waals surface area contributed by atoms with Crippen molar-refractivity contribution in [2.45, 2.75) is 19.9 Å². The minimum absolute atomic E-state index is 0.355. The summed E-state index contributed by atoms with van der Waals surface area (Å²) in [5.74, 6) is 0.548. The zero-order valence-electron chi connectivity index (χ0n) is 9.02. The van der Waals surface area contributed by atoms with Crippen molar-refractivity contribution in [3.8, 4) is 0 Å². The molecule has 0 fully saturated rings. The van der Waals surface area contributed by atoms with Crippen molar-refractivity contribution >= 4 is 0 Å². The maximum atomic E-state index is 4.13. The van der Waals surface area contributed by atoms with Crippen LogP contribution in [0.1, 0.15) is 25.6 Å². The van der Waals surface area contributed by atoms with Crippen LogP contribution in [0.2, 0.25) is 0 Å². The molecule has 0 saturated carbocycles. The van der Waals surface area contributed by atoms with Crippen LogP contribution in [0.3, 0.4) is 0 Å². The van der Waals surface area contributed by atoms with Gasteiger partial charge in [-0.1, -0.05) is 19.1 Å². The molecule has 0 radical (unpaired) electrons. The second kappa shape index (κ2) is 3.87. The van der Waals surface area contributed by atoms with E-state index in [9.17, 15) is 0 Å². The molecule has 0 spiro atoms. The van der Waals surface area contributed by atoms with Crippen molar-refractivity contribution in [2.24, 2.45) is 13.0 Å². The standard InChI is InChI=1S/C9H18N4/c1-7(2)9(12(3)4)8-6-13(5)11-10-8/h6-7,9H,1-5H3. The molecular formula is C9H18N4. The lowest BCUT2D eigenvalue weighted by molar-refractivity contribution is 0.230. The fraction of sp³-hybridized carbons (Fsp3) is 0.778. The highest BCUT2D eigenvalue weighted by molar-refractivity contribution is 5.01. The maximum absolute atomic E-state index is 4.13. The van der Waals surface area contributed by atoms with E-state index in [1.807, 2.05) is 13.2 Å². The third-order valence-electron chi connectivity index (χ3n) is 2.11. The molecule has 0 bridgehead atoms. The van der Waals surface area contributed by atoms with E-state index in [-0.39, 0.29) is 0 Å². The molecule has 1 unspecified atom stereocenters. The van der Waals surface area contributed by atoms with Gasteiger partial charge in [-0.3, -0.25) is 4.68 Å². The first-order valence-corrected chi connectivity index (χ1v) is 4.55. The average Bonchev–Trinajstić information content (AvgIpc) is 2.34. The summed E-state index contributed by atoms with van der Waals surface area (Å²) in [6, 6.07) is 0.355. The minimum atomic E-state index is 0.355. The molecular weight excluding hydrogens is 164 g/mol. The van der Waals surface area contributed by atoms with Crippen molar-refractivity contribution in [2.75, 3.05) is 14.1 Å². The molecule has 0 N–H and O–H groups in total. The van der Waals surface area contributed by atoms with Crippen LogP contribution in [0, 0.1) is 5.92 Å². The number of hydrogen-bond donors (Lipinski definition) is 0. The first-order chi connectivity index (χ1) is 6.02. The van der Waals surface area contributed by atoms with Gasteiger partial charge in [0.15, 0.2) is 0 Å². The fourth-order valence-corrected chi connectivity index (χ4v) is 1.70. The van der Waals surface area contributed by atoms with E-state index in [4.69, 9.17) is 0 Å². The van der Waals surface area contributed by atoms with Crippen LogP contribution in [0.15, 0.2) is 6.20 Å². The number of nitrogens with zero attached hydrogens (tertiary/aromatic N) is 4. The molecule has 1 aromatic heterocycles. The molecule has 74 valence electrons. The van der Waals surface area contributed by atoms with Crippen molar-refractivity contribution < 1.29 is 0 Å². The molecule has 0 aliphatic carbocycles. The maximum Gasteiger partial charge on any atom is 0.100 e. The monoisotopic (exact) mass is 182 g/mol. The van der Waals surface area contributed by atoms with Crippen LogP contribution in [-0.2, 0) is 7.05 Å². The summed E-state index contributed by atoms with van der Waals surface area (Å²) in [6.45, 7) is 4.39. The van der Waals surface area contributed by atoms with Crippen LogP contribution < -0.4 is 0 Å². The van der Waals surface area contributed by atoms with Gasteiger partial charge in [-0.2, -0.15) is 0 Å². The molecule has 1 heterocycles. The Balaban J connectivity index is 2.88. The van der Waals surface area contributed by atoms with Crippen LogP contribution in [0.4, 0.5) is 0 Å². The van der Waals surface area contributed by atoms with Crippen molar-refractivity contribution in [1.29, 1.82) is 0 Å². The lowest BCUT2D eigenvalue weighted by atomic mass is 10.0. The normalized spacial score (nSPS) is 14.1. The topological polar surface area (TPSA) is 34.0 Å². The van der Waals surface area contributed by atoms with Crippen LogP contribution >= 0.6 is 0 Å². The van der Waals surface area contributed by atoms with Gasteiger partial charge in [0.05, 0.1) is 6.04 Å². The SMILES string of the molecule is CC(C)C(c1cn(C)nn1)N(C)C. The molecule has 13 heavy (non-hydrogen) atoms. The number of aromatic nitrogens is 3. The predicted octanol–water partition coefficient (Wildman–Crippen LogP) is 1.07. The molecule has 4 nitrogen and oxygen atoms in total. The second-order valence-electron chi connectivity index (χ2n) is 3.97. The van der Waals surface area contributed by atoms with Gasteiger partial charge in [-0.25, -0.2) is 0 Å². The largest absolute Gasteiger partial charge is 0.301 e. The van der Waals surface area contributed by atoms with Crippen LogP contribution in [0.5, 0.6) is 0 Å². The molecule has 0 amide bonds. The number of hydrogen-bond acceptors (Lipinski definition) is 3. The Kier molecular flexibility index (Phi) is 3.03. The van der Waals surface area contributed by atoms with Crippen molar-refractivity contribution in [3.05, 3.63) is 11.9 Å². The number of rotatable bonds is 3. The second-order valence-corrected chi connectivity index (χ2v) is 3.97. The highest BCUT2D eigenvalue weighted by atomic mass is 15.4. The quantitative estimate of drug-likeness (QED) is 0.701. The lowest BCUT2D eigenvalue weighted by Crippen LogP contribution is -2.24. The summed E-state index contributed by atoms with van der Waals surface area (Å²) in [7, 11) is 6.03. The summed E-state index contributed by atoms with van der Waals surface area (Å²) in [6.07, 6.45) is 1.98. The lowest BCUT2D eigenvalue weighted by Gasteiger charge is -2.25. The molecule has 1 aromatic rings. The van der Waals surface area contributed by atoms with E-state index < -0.39 is 0 Å². The summed E-state index contributed by atoms with van der Waals surface area (Å²) in [4.78, 5) is 2.18. The van der Waals surface area contributed by atoms with Crippen LogP contribution in [0.25, 0.3) is 0 Å². The molecule has 4 heteroatoms. The Hall–Kier alpha value is -0.900. The Morgan fingerprint density at radius 3 is 2.31 bits per heavy atom. The summed E-state index contributed by atoms with van der Waals surface area (Å²) >= 11 is 0. The molecule has 1 atom stereocenters. The van der Waals surface area contributed by atoms with Crippen molar-refractivity contribution in [1.82, 2.24) is 19.9 Å². The molecule has 0 aromatic carbocycles. The van der Waals surface area contributed by atoms with E-state index in [0.717, 1.165) is 5.69 Å². The van der Waals surface area contributed by atoms with Gasteiger partial charge < -0.3 is 4.90 Å². The summed E-state index contributed by atoms with van der Waals surface area (Å²) in [5, 5.41) is 8.07. The van der Waals surface area contributed by atoms with E-state index in [0.29, 0.717) is 12.0 Å². The van der Waals surface area contributed by atoms with E-state index in [1.54, 1.807) is 4.68 Å². The Morgan fingerprint density at radius 1 is 1.38 bits per heavy atom. The summed E-state index contributed by atoms with van der Waals surface area (Å²) < 4.78 is 1.74. The Morgan fingerprint density at radius 2 is 2.00 bits per heavy atom. The molecule has 0 aliphatic heterocycles. The van der Waals surface area contributed by atoms with Gasteiger partial charge in [0.2, 0.25) is 0 Å². The fourth-order valence-electron chi connectivity index (χ4n) is 1.70. The van der Waals surface area contributed by atoms with Gasteiger partial charge in [-0.15, -0.1) is 5.10 Å². The third-order valence-corrected chi connectivity index (χ3v) is 2.11. The van der Waals surface area contributed by atoms with Gasteiger partial charge in [0.25, 0.3) is 0 Å². The van der Waals surface area contributed by atoms with Crippen LogP contribution in [-0.4, -0.2) is 34.0 Å². The zero-order chi connectivity index (χ0) is 10.0. The van der Waals surface area contributed by atoms with E-state index >= 15 is 0 Å². The Labute approximate surface area is 79.5 Å². The highest BCUT2D eigenvalue weighted by Crippen LogP contribution is 2.23. The average molecular weight is 182 g/mol. The predicted molar refractivity (Wildman–Crippen MR) is 52.3 cm³/mol. The molecule has 0 aliphatic rings. The van der Waals surface area contributed by atoms with Gasteiger partial charge in [0.1, 0.15) is 5.69 Å². The summed E-state index contributed by atoms with van der Waals surface area (Å²) in [5.41, 5.74) is 1.04. The first kappa shape index (κ1) is 10.2. The van der Waals surface area contributed by atoms with Gasteiger partial charge in [-0.05, 0) is 20.0 Å². The highest BCUT2D eigenvalue weighted by Gasteiger charge is 2.20. The third kappa shape index (κ3) is 2.28. The van der Waals surface area contributed by atoms with E-state index in [2.05, 4.69) is 43.2 Å². The first-order valence-electron chi connectivity index (χ1n) is 4.55. The van der Waals surface area contributed by atoms with E-state index in [1.165, 1.54) is 0 Å². The number of aryl methyl sites for hydroxylation is 1.